The Balaban J connectivity index is 0. The Morgan fingerprint density at radius 3 is 1.00 bits per heavy atom. The summed E-state index contributed by atoms with van der Waals surface area (Å²) in [6.07, 6.45) is -6.25. The minimum Gasteiger partial charge on any atom is -0.465 e. The van der Waals surface area contributed by atoms with E-state index in [2.05, 4.69) is 0 Å². The van der Waals surface area contributed by atoms with Gasteiger partial charge in [0.15, 0.2) is 0 Å². The fourth-order valence-corrected chi connectivity index (χ4v) is 1.74. The zero-order valence-electron chi connectivity index (χ0n) is 18.0. The van der Waals surface area contributed by atoms with Gasteiger partial charge in [0.2, 0.25) is 0 Å². The maximum Gasteiger partial charge on any atom is 0.414 e. The predicted octanol–water partition coefficient (Wildman–Crippen LogP) is 3.42. The number of rotatable bonds is 3. The minimum atomic E-state index is -1.56. The van der Waals surface area contributed by atoms with E-state index in [9.17, 15) is 19.2 Å². The lowest BCUT2D eigenvalue weighted by Crippen LogP contribution is -2.26. The molecule has 2 aromatic carbocycles. The molecule has 0 unspecified atom stereocenters. The van der Waals surface area contributed by atoms with Gasteiger partial charge in [0.25, 0.3) is 0 Å². The van der Waals surface area contributed by atoms with Crippen molar-refractivity contribution in [2.75, 3.05) is 24.7 Å². The standard InChI is InChI=1S/C12H12N2.C4H10O.2C2H3NO4/c13-11-5-1-9(2-6-11)10-3-7-12(14)8-4-10;1-3-5-4-2;2*4-1(5)3-2(6)7/h1-8H,13-14H2;3-4H2,1-2H3;2*3H,(H,4,5)(H,6,7). The van der Waals surface area contributed by atoms with Crippen molar-refractivity contribution in [1.29, 1.82) is 0 Å². The molecule has 2 rings (SSSR count). The lowest BCUT2D eigenvalue weighted by atomic mass is 10.1. The quantitative estimate of drug-likeness (QED) is 0.304. The van der Waals surface area contributed by atoms with Gasteiger partial charge >= 0.3 is 24.4 Å². The van der Waals surface area contributed by atoms with Crippen molar-refractivity contribution >= 4 is 35.7 Å². The molecule has 0 spiro atoms. The maximum absolute atomic E-state index is 9.32. The second kappa shape index (κ2) is 18.3. The summed E-state index contributed by atoms with van der Waals surface area (Å²) in [6.45, 7) is 5.67. The average molecular weight is 468 g/mol. The highest BCUT2D eigenvalue weighted by atomic mass is 16.5. The first-order valence-corrected chi connectivity index (χ1v) is 9.17. The molecule has 0 bridgehead atoms. The number of anilines is 2. The van der Waals surface area contributed by atoms with Crippen LogP contribution in [0.2, 0.25) is 0 Å². The van der Waals surface area contributed by atoms with Gasteiger partial charge in [-0.1, -0.05) is 24.3 Å². The molecule has 0 aromatic heterocycles. The second-order valence-electron chi connectivity index (χ2n) is 5.50. The third-order valence-corrected chi connectivity index (χ3v) is 2.99. The normalized spacial score (nSPS) is 8.67. The number of benzene rings is 2. The Morgan fingerprint density at radius 2 is 0.879 bits per heavy atom. The van der Waals surface area contributed by atoms with Gasteiger partial charge < -0.3 is 36.6 Å². The number of nitrogen functional groups attached to an aromatic ring is 2. The zero-order valence-corrected chi connectivity index (χ0v) is 18.0. The van der Waals surface area contributed by atoms with E-state index in [1.807, 2.05) is 62.4 Å². The Morgan fingerprint density at radius 1 is 0.636 bits per heavy atom. The van der Waals surface area contributed by atoms with E-state index in [0.717, 1.165) is 46.3 Å². The lowest BCUT2D eigenvalue weighted by molar-refractivity contribution is 0.162. The summed E-state index contributed by atoms with van der Waals surface area (Å²) in [5.41, 5.74) is 15.1. The van der Waals surface area contributed by atoms with Crippen LogP contribution in [0.25, 0.3) is 11.1 Å². The van der Waals surface area contributed by atoms with Crippen LogP contribution < -0.4 is 22.1 Å². The summed E-state index contributed by atoms with van der Waals surface area (Å²) in [6, 6.07) is 15.6. The van der Waals surface area contributed by atoms with E-state index < -0.39 is 24.4 Å². The molecule has 0 radical (unpaired) electrons. The van der Waals surface area contributed by atoms with Crippen molar-refractivity contribution in [2.45, 2.75) is 13.8 Å². The smallest absolute Gasteiger partial charge is 0.414 e. The first kappa shape index (κ1) is 30.7. The van der Waals surface area contributed by atoms with Crippen molar-refractivity contribution in [2.24, 2.45) is 0 Å². The molecule has 33 heavy (non-hydrogen) atoms. The van der Waals surface area contributed by atoms with Crippen molar-refractivity contribution in [3.8, 4) is 11.1 Å². The van der Waals surface area contributed by atoms with E-state index in [1.165, 1.54) is 0 Å². The Labute approximate surface area is 189 Å². The zero-order chi connectivity index (χ0) is 25.8. The summed E-state index contributed by atoms with van der Waals surface area (Å²) in [5.74, 6) is 0. The molecular weight excluding hydrogens is 440 g/mol. The predicted molar refractivity (Wildman–Crippen MR) is 121 cm³/mol. The number of hydrogen-bond donors (Lipinski definition) is 8. The van der Waals surface area contributed by atoms with E-state index in [4.69, 9.17) is 36.6 Å². The first-order chi connectivity index (χ1) is 15.4. The van der Waals surface area contributed by atoms with Crippen LogP contribution in [-0.4, -0.2) is 58.0 Å². The molecule has 0 fully saturated rings. The Hall–Kier alpha value is -4.52. The fourth-order valence-electron chi connectivity index (χ4n) is 1.74. The fraction of sp³-hybridized carbons (Fsp3) is 0.200. The average Bonchev–Trinajstić information content (AvgIpc) is 2.69. The van der Waals surface area contributed by atoms with Crippen molar-refractivity contribution < 1.29 is 44.3 Å². The van der Waals surface area contributed by atoms with Crippen LogP contribution in [0.5, 0.6) is 0 Å². The monoisotopic (exact) mass is 468 g/mol. The molecule has 0 atom stereocenters. The molecule has 0 saturated heterocycles. The maximum atomic E-state index is 9.32. The number of hydrogen-bond acceptors (Lipinski definition) is 7. The summed E-state index contributed by atoms with van der Waals surface area (Å²) in [5, 5.41) is 32.6. The summed E-state index contributed by atoms with van der Waals surface area (Å²) in [4.78, 5) is 37.3. The summed E-state index contributed by atoms with van der Waals surface area (Å²) >= 11 is 0. The topological polar surface area (TPSA) is 235 Å². The van der Waals surface area contributed by atoms with Gasteiger partial charge in [-0.15, -0.1) is 0 Å². The number of nitrogens with two attached hydrogens (primary N) is 2. The summed E-state index contributed by atoms with van der Waals surface area (Å²) < 4.78 is 4.83. The van der Waals surface area contributed by atoms with Gasteiger partial charge in [0, 0.05) is 24.6 Å². The largest absolute Gasteiger partial charge is 0.465 e. The highest BCUT2D eigenvalue weighted by molar-refractivity contribution is 5.85. The highest BCUT2D eigenvalue weighted by Crippen LogP contribution is 2.21. The van der Waals surface area contributed by atoms with Crippen molar-refractivity contribution in [3.05, 3.63) is 48.5 Å². The number of amides is 4. The third-order valence-electron chi connectivity index (χ3n) is 2.99. The SMILES string of the molecule is CCOCC.Nc1ccc(-c2ccc(N)cc2)cc1.O=C(O)NC(=O)O.O=C(O)NC(=O)O. The lowest BCUT2D eigenvalue weighted by Gasteiger charge is -2.02. The number of carboxylic acid groups (broad SMARTS) is 4. The van der Waals surface area contributed by atoms with Gasteiger partial charge in [0.1, 0.15) is 0 Å². The number of nitrogens with one attached hydrogen (secondary N) is 2. The minimum absolute atomic E-state index is 0.782. The summed E-state index contributed by atoms with van der Waals surface area (Å²) in [7, 11) is 0. The molecule has 13 nitrogen and oxygen atoms in total. The molecule has 0 aliphatic rings. The molecule has 0 heterocycles. The third kappa shape index (κ3) is 20.5. The van der Waals surface area contributed by atoms with Crippen LogP contribution in [0.3, 0.4) is 0 Å². The van der Waals surface area contributed by atoms with Crippen LogP contribution in [-0.2, 0) is 4.74 Å². The van der Waals surface area contributed by atoms with Crippen molar-refractivity contribution in [1.82, 2.24) is 10.6 Å². The van der Waals surface area contributed by atoms with E-state index in [1.54, 1.807) is 0 Å². The molecule has 4 amide bonds. The van der Waals surface area contributed by atoms with Gasteiger partial charge in [-0.25, -0.2) is 29.8 Å². The van der Waals surface area contributed by atoms with Gasteiger partial charge in [-0.3, -0.25) is 0 Å². The molecule has 13 heteroatoms. The first-order valence-electron chi connectivity index (χ1n) is 9.17. The van der Waals surface area contributed by atoms with Gasteiger partial charge in [0.05, 0.1) is 0 Å². The molecular formula is C20H28N4O9. The molecule has 2 aromatic rings. The molecule has 182 valence electrons. The van der Waals surface area contributed by atoms with Crippen molar-refractivity contribution in [3.63, 3.8) is 0 Å². The van der Waals surface area contributed by atoms with Gasteiger partial charge in [-0.05, 0) is 49.2 Å². The Bertz CT molecular complexity index is 761. The molecule has 10 N–H and O–H groups in total. The molecule has 0 aliphatic carbocycles. The second-order valence-corrected chi connectivity index (χ2v) is 5.50. The van der Waals surface area contributed by atoms with Crippen LogP contribution in [0.1, 0.15) is 13.8 Å². The van der Waals surface area contributed by atoms with Crippen LogP contribution >= 0.6 is 0 Å². The number of imide groups is 2. The van der Waals surface area contributed by atoms with Crippen LogP contribution in [0.15, 0.2) is 48.5 Å². The van der Waals surface area contributed by atoms with Gasteiger partial charge in [-0.2, -0.15) is 0 Å². The van der Waals surface area contributed by atoms with E-state index >= 15 is 0 Å². The Kier molecular flexibility index (Phi) is 17.0. The highest BCUT2D eigenvalue weighted by Gasteiger charge is 1.98. The number of carbonyl (C=O) groups is 4. The van der Waals surface area contributed by atoms with E-state index in [0.29, 0.717) is 0 Å². The van der Waals surface area contributed by atoms with E-state index in [-0.39, 0.29) is 0 Å². The number of ether oxygens (including phenoxy) is 1. The molecule has 0 aliphatic heterocycles. The molecule has 0 saturated carbocycles. The van der Waals surface area contributed by atoms with Crippen LogP contribution in [0.4, 0.5) is 30.6 Å². The van der Waals surface area contributed by atoms with Crippen LogP contribution in [0, 0.1) is 0 Å².